The zero-order valence-corrected chi connectivity index (χ0v) is 15.9. The molecule has 0 rings (SSSR count). The summed E-state index contributed by atoms with van der Waals surface area (Å²) in [6.07, 6.45) is 4.67. The lowest BCUT2D eigenvalue weighted by atomic mass is 10.2. The highest BCUT2D eigenvalue weighted by Crippen LogP contribution is 2.37. The zero-order valence-electron chi connectivity index (χ0n) is 14.9. The number of hydrogen-bond acceptors (Lipinski definition) is 5. The van der Waals surface area contributed by atoms with Crippen LogP contribution in [0.3, 0.4) is 0 Å². The van der Waals surface area contributed by atoms with Gasteiger partial charge in [0.05, 0.1) is 25.9 Å². The number of carbonyl (C=O) groups is 1. The van der Waals surface area contributed by atoms with Gasteiger partial charge >= 0.3 is 0 Å². The first-order valence-corrected chi connectivity index (χ1v) is 10.6. The lowest BCUT2D eigenvalue weighted by Crippen LogP contribution is -2.43. The van der Waals surface area contributed by atoms with Gasteiger partial charge in [0.25, 0.3) is 0 Å². The summed E-state index contributed by atoms with van der Waals surface area (Å²) in [7, 11) is -0.243. The Labute approximate surface area is 136 Å². The molecule has 0 heterocycles. The smallest absolute Gasteiger partial charge is 0.192 e. The van der Waals surface area contributed by atoms with E-state index in [4.69, 9.17) is 18.6 Å². The molecule has 5 nitrogen and oxygen atoms in total. The van der Waals surface area contributed by atoms with Crippen LogP contribution in [-0.4, -0.2) is 54.4 Å². The van der Waals surface area contributed by atoms with E-state index in [1.54, 1.807) is 7.11 Å². The topological polar surface area (TPSA) is 54.0 Å². The Bertz CT molecular complexity index is 323. The van der Waals surface area contributed by atoms with Gasteiger partial charge in [-0.3, -0.25) is 4.79 Å². The fourth-order valence-electron chi connectivity index (χ4n) is 1.44. The molecule has 0 amide bonds. The molecule has 0 bridgehead atoms. The quantitative estimate of drug-likeness (QED) is 0.181. The fraction of sp³-hybridized carbons (Fsp3) is 0.812. The molecular formula is C16H32O5Si. The molecule has 0 aliphatic heterocycles. The summed E-state index contributed by atoms with van der Waals surface area (Å²) in [5.41, 5.74) is 0. The maximum Gasteiger partial charge on any atom is 0.192 e. The molecule has 0 radical (unpaired) electrons. The Morgan fingerprint density at radius 2 is 1.73 bits per heavy atom. The van der Waals surface area contributed by atoms with Gasteiger partial charge in [-0.2, -0.15) is 0 Å². The highest BCUT2D eigenvalue weighted by Gasteiger charge is 2.38. The molecule has 0 unspecified atom stereocenters. The number of aldehydes is 1. The van der Waals surface area contributed by atoms with E-state index < -0.39 is 8.32 Å². The molecule has 130 valence electrons. The minimum Gasteiger partial charge on any atom is -0.410 e. The number of rotatable bonds is 12. The van der Waals surface area contributed by atoms with Crippen molar-refractivity contribution in [2.45, 2.75) is 51.4 Å². The van der Waals surface area contributed by atoms with Crippen LogP contribution in [0.1, 0.15) is 27.2 Å². The largest absolute Gasteiger partial charge is 0.410 e. The van der Waals surface area contributed by atoms with Crippen molar-refractivity contribution in [2.24, 2.45) is 0 Å². The second-order valence-corrected chi connectivity index (χ2v) is 11.4. The van der Waals surface area contributed by atoms with Crippen molar-refractivity contribution in [3.8, 4) is 0 Å². The zero-order chi connectivity index (χ0) is 17.1. The molecule has 1 atom stereocenters. The maximum atomic E-state index is 10.6. The van der Waals surface area contributed by atoms with Crippen LogP contribution in [0, 0.1) is 0 Å². The van der Waals surface area contributed by atoms with Gasteiger partial charge in [-0.1, -0.05) is 26.8 Å². The minimum absolute atomic E-state index is 0.106. The Balaban J connectivity index is 4.25. The van der Waals surface area contributed by atoms with Crippen molar-refractivity contribution in [3.63, 3.8) is 0 Å². The van der Waals surface area contributed by atoms with Crippen LogP contribution in [0.5, 0.6) is 0 Å². The highest BCUT2D eigenvalue weighted by atomic mass is 28.4. The highest BCUT2D eigenvalue weighted by molar-refractivity contribution is 6.74. The van der Waals surface area contributed by atoms with Gasteiger partial charge in [-0.25, -0.2) is 0 Å². The molecule has 0 saturated carbocycles. The van der Waals surface area contributed by atoms with Crippen LogP contribution >= 0.6 is 0 Å². The molecule has 0 fully saturated rings. The standard InChI is InChI=1S/C16H32O5Si/c1-16(2,3)22(5,6)21-15(8-7-10-17)9-11-19-14-20-13-12-18-4/h7-8,10,15H,9,11-14H2,1-6H3/b8-7+/t15-/m1/s1. The predicted octanol–water partition coefficient (Wildman–Crippen LogP) is 3.16. The van der Waals surface area contributed by atoms with Crippen LogP contribution in [0.25, 0.3) is 0 Å². The number of allylic oxidation sites excluding steroid dienone is 1. The maximum absolute atomic E-state index is 10.6. The first kappa shape index (κ1) is 21.5. The van der Waals surface area contributed by atoms with E-state index in [0.717, 1.165) is 6.29 Å². The first-order valence-electron chi connectivity index (χ1n) is 7.69. The molecule has 0 aromatic rings. The van der Waals surface area contributed by atoms with Gasteiger partial charge in [0.1, 0.15) is 13.1 Å². The van der Waals surface area contributed by atoms with Crippen LogP contribution < -0.4 is 0 Å². The summed E-state index contributed by atoms with van der Waals surface area (Å²) in [6.45, 7) is 12.8. The average molecular weight is 333 g/mol. The predicted molar refractivity (Wildman–Crippen MR) is 90.5 cm³/mol. The van der Waals surface area contributed by atoms with E-state index in [-0.39, 0.29) is 17.9 Å². The van der Waals surface area contributed by atoms with Gasteiger partial charge in [0, 0.05) is 7.11 Å². The molecule has 0 aromatic carbocycles. The lowest BCUT2D eigenvalue weighted by Gasteiger charge is -2.38. The van der Waals surface area contributed by atoms with E-state index in [0.29, 0.717) is 26.2 Å². The number of ether oxygens (including phenoxy) is 3. The minimum atomic E-state index is -1.87. The van der Waals surface area contributed by atoms with E-state index >= 15 is 0 Å². The summed E-state index contributed by atoms with van der Waals surface area (Å²) in [5.74, 6) is 0. The molecule has 0 saturated heterocycles. The van der Waals surface area contributed by atoms with Gasteiger partial charge in [0.15, 0.2) is 8.32 Å². The molecule has 0 N–H and O–H groups in total. The first-order chi connectivity index (χ1) is 10.2. The molecule has 0 aliphatic rings. The Morgan fingerprint density at radius 3 is 2.27 bits per heavy atom. The fourth-order valence-corrected chi connectivity index (χ4v) is 2.74. The SMILES string of the molecule is COCCOCOCC[C@@H](/C=C/C=O)O[Si](C)(C)C(C)(C)C. The third-order valence-corrected chi connectivity index (χ3v) is 8.31. The van der Waals surface area contributed by atoms with Crippen molar-refractivity contribution in [1.29, 1.82) is 0 Å². The molecular weight excluding hydrogens is 300 g/mol. The lowest BCUT2D eigenvalue weighted by molar-refractivity contribution is -0.104. The Morgan fingerprint density at radius 1 is 1.09 bits per heavy atom. The second-order valence-electron chi connectivity index (χ2n) is 6.65. The van der Waals surface area contributed by atoms with E-state index in [9.17, 15) is 4.79 Å². The van der Waals surface area contributed by atoms with Crippen molar-refractivity contribution >= 4 is 14.6 Å². The van der Waals surface area contributed by atoms with Crippen molar-refractivity contribution in [2.75, 3.05) is 33.7 Å². The van der Waals surface area contributed by atoms with Gasteiger partial charge in [-0.15, -0.1) is 0 Å². The van der Waals surface area contributed by atoms with Gasteiger partial charge in [-0.05, 0) is 30.6 Å². The third-order valence-electron chi connectivity index (χ3n) is 3.80. The van der Waals surface area contributed by atoms with Crippen molar-refractivity contribution in [3.05, 3.63) is 12.2 Å². The molecule has 22 heavy (non-hydrogen) atoms. The van der Waals surface area contributed by atoms with Crippen LogP contribution in [0.4, 0.5) is 0 Å². The van der Waals surface area contributed by atoms with Crippen LogP contribution in [0.2, 0.25) is 18.1 Å². The third kappa shape index (κ3) is 9.48. The normalized spacial score (nSPS) is 14.5. The van der Waals surface area contributed by atoms with Crippen molar-refractivity contribution < 1.29 is 23.4 Å². The van der Waals surface area contributed by atoms with E-state index in [2.05, 4.69) is 33.9 Å². The summed E-state index contributed by atoms with van der Waals surface area (Å²) in [5, 5.41) is 0.129. The number of hydrogen-bond donors (Lipinski definition) is 0. The second kappa shape index (κ2) is 11.1. The van der Waals surface area contributed by atoms with Crippen molar-refractivity contribution in [1.82, 2.24) is 0 Å². The molecule has 0 spiro atoms. The van der Waals surface area contributed by atoms with E-state index in [1.807, 2.05) is 6.08 Å². The summed E-state index contributed by atoms with van der Waals surface area (Å²) in [6, 6.07) is 0. The number of carbonyl (C=O) groups excluding carboxylic acids is 1. The average Bonchev–Trinajstić information content (AvgIpc) is 2.42. The summed E-state index contributed by atoms with van der Waals surface area (Å²) >= 11 is 0. The molecule has 6 heteroatoms. The van der Waals surface area contributed by atoms with Crippen LogP contribution in [0.15, 0.2) is 12.2 Å². The molecule has 0 aromatic heterocycles. The number of methoxy groups -OCH3 is 1. The van der Waals surface area contributed by atoms with Gasteiger partial charge in [0.2, 0.25) is 0 Å². The Kier molecular flexibility index (Phi) is 10.8. The monoisotopic (exact) mass is 332 g/mol. The summed E-state index contributed by atoms with van der Waals surface area (Å²) < 4.78 is 21.8. The van der Waals surface area contributed by atoms with E-state index in [1.165, 1.54) is 6.08 Å². The Hall–Kier alpha value is -0.533. The summed E-state index contributed by atoms with van der Waals surface area (Å²) in [4.78, 5) is 10.6. The molecule has 0 aliphatic carbocycles. The van der Waals surface area contributed by atoms with Crippen LogP contribution in [-0.2, 0) is 23.4 Å². The van der Waals surface area contributed by atoms with Gasteiger partial charge < -0.3 is 18.6 Å².